The predicted octanol–water partition coefficient (Wildman–Crippen LogP) is 3.31. The number of halogens is 2. The van der Waals surface area contributed by atoms with Crippen LogP contribution >= 0.6 is 23.2 Å². The van der Waals surface area contributed by atoms with E-state index in [1.807, 2.05) is 6.92 Å². The van der Waals surface area contributed by atoms with Crippen molar-refractivity contribution in [3.63, 3.8) is 0 Å². The number of nitrogens with zero attached hydrogens (tertiary/aromatic N) is 3. The van der Waals surface area contributed by atoms with Crippen LogP contribution in [0, 0.1) is 6.92 Å². The van der Waals surface area contributed by atoms with Crippen LogP contribution in [0.1, 0.15) is 16.2 Å². The van der Waals surface area contributed by atoms with Gasteiger partial charge in [0, 0.05) is 23.8 Å². The molecule has 126 valence electrons. The third kappa shape index (κ3) is 3.95. The van der Waals surface area contributed by atoms with Crippen molar-refractivity contribution in [3.8, 4) is 0 Å². The molecule has 2 heterocycles. The fourth-order valence-corrected chi connectivity index (χ4v) is 2.83. The lowest BCUT2D eigenvalue weighted by molar-refractivity contribution is 0.0299. The number of aryl methyl sites for hydroxylation is 1. The zero-order valence-corrected chi connectivity index (χ0v) is 14.6. The van der Waals surface area contributed by atoms with Crippen molar-refractivity contribution in [1.82, 2.24) is 14.9 Å². The highest BCUT2D eigenvalue weighted by Gasteiger charge is 2.20. The minimum absolute atomic E-state index is 0.131. The van der Waals surface area contributed by atoms with Crippen molar-refractivity contribution in [2.24, 2.45) is 0 Å². The molecule has 0 aliphatic carbocycles. The van der Waals surface area contributed by atoms with Gasteiger partial charge in [0.05, 0.1) is 23.9 Å². The van der Waals surface area contributed by atoms with Crippen molar-refractivity contribution >= 4 is 40.7 Å². The quantitative estimate of drug-likeness (QED) is 0.902. The van der Waals surface area contributed by atoms with Crippen LogP contribution in [0.5, 0.6) is 0 Å². The largest absolute Gasteiger partial charge is 0.378 e. The van der Waals surface area contributed by atoms with Gasteiger partial charge in [-0.25, -0.2) is 9.97 Å². The average molecular weight is 367 g/mol. The van der Waals surface area contributed by atoms with Crippen molar-refractivity contribution < 1.29 is 9.53 Å². The van der Waals surface area contributed by atoms with Gasteiger partial charge in [0.15, 0.2) is 0 Å². The van der Waals surface area contributed by atoms with Gasteiger partial charge in [0.2, 0.25) is 5.95 Å². The number of carbonyl (C=O) groups is 1. The first-order valence-corrected chi connectivity index (χ1v) is 8.23. The lowest BCUT2D eigenvalue weighted by Gasteiger charge is -2.26. The Labute approximate surface area is 149 Å². The standard InChI is InChI=1S/C16H16Cl2N4O2/c1-10-8-14(15(23)22-4-6-24-7-5-22)21-16(19-10)20-13-3-2-11(17)9-12(13)18/h2-3,8-9H,4-7H2,1H3,(H,19,20,21). The van der Waals surface area contributed by atoms with Crippen molar-refractivity contribution in [1.29, 1.82) is 0 Å². The molecule has 1 aliphatic heterocycles. The summed E-state index contributed by atoms with van der Waals surface area (Å²) in [5.74, 6) is 0.185. The third-order valence-electron chi connectivity index (χ3n) is 3.55. The van der Waals surface area contributed by atoms with E-state index in [1.165, 1.54) is 0 Å². The van der Waals surface area contributed by atoms with Crippen molar-refractivity contribution in [2.45, 2.75) is 6.92 Å². The van der Waals surface area contributed by atoms with Gasteiger partial charge in [-0.3, -0.25) is 4.79 Å². The fraction of sp³-hybridized carbons (Fsp3) is 0.312. The first kappa shape index (κ1) is 17.0. The molecule has 3 rings (SSSR count). The summed E-state index contributed by atoms with van der Waals surface area (Å²) in [6.07, 6.45) is 0. The molecule has 0 unspecified atom stereocenters. The maximum Gasteiger partial charge on any atom is 0.272 e. The van der Waals surface area contributed by atoms with Gasteiger partial charge in [0.25, 0.3) is 5.91 Å². The van der Waals surface area contributed by atoms with Gasteiger partial charge in [-0.15, -0.1) is 0 Å². The molecule has 1 fully saturated rings. The Morgan fingerprint density at radius 2 is 1.96 bits per heavy atom. The third-order valence-corrected chi connectivity index (χ3v) is 4.10. The van der Waals surface area contributed by atoms with E-state index in [0.717, 1.165) is 0 Å². The molecule has 0 radical (unpaired) electrons. The molecule has 0 saturated carbocycles. The van der Waals surface area contributed by atoms with Crippen LogP contribution in [-0.4, -0.2) is 47.1 Å². The number of anilines is 2. The molecule has 24 heavy (non-hydrogen) atoms. The van der Waals surface area contributed by atoms with Gasteiger partial charge in [-0.2, -0.15) is 0 Å². The summed E-state index contributed by atoms with van der Waals surface area (Å²) < 4.78 is 5.27. The number of aromatic nitrogens is 2. The Kier molecular flexibility index (Phi) is 5.18. The number of ether oxygens (including phenoxy) is 1. The first-order valence-electron chi connectivity index (χ1n) is 7.48. The van der Waals surface area contributed by atoms with Crippen LogP contribution in [0.15, 0.2) is 24.3 Å². The van der Waals surface area contributed by atoms with Crippen LogP contribution in [0.2, 0.25) is 10.0 Å². The van der Waals surface area contributed by atoms with Gasteiger partial charge in [-0.1, -0.05) is 23.2 Å². The maximum absolute atomic E-state index is 12.6. The number of rotatable bonds is 3. The Hall–Kier alpha value is -1.89. The minimum Gasteiger partial charge on any atom is -0.378 e. The van der Waals surface area contributed by atoms with Crippen LogP contribution in [-0.2, 0) is 4.74 Å². The van der Waals surface area contributed by atoms with Gasteiger partial charge in [0.1, 0.15) is 5.69 Å². The van der Waals surface area contributed by atoms with E-state index in [9.17, 15) is 4.79 Å². The van der Waals surface area contributed by atoms with Gasteiger partial charge in [-0.05, 0) is 31.2 Å². The Balaban J connectivity index is 1.84. The molecule has 0 spiro atoms. The van der Waals surface area contributed by atoms with E-state index >= 15 is 0 Å². The molecule has 0 bridgehead atoms. The summed E-state index contributed by atoms with van der Waals surface area (Å²) in [6.45, 7) is 4.02. The number of morpholine rings is 1. The van der Waals surface area contributed by atoms with Gasteiger partial charge >= 0.3 is 0 Å². The normalized spacial score (nSPS) is 14.5. The molecule has 0 atom stereocenters. The summed E-state index contributed by atoms with van der Waals surface area (Å²) in [7, 11) is 0. The molecule has 1 aliphatic rings. The van der Waals surface area contributed by atoms with E-state index in [1.54, 1.807) is 29.2 Å². The number of hydrogen-bond acceptors (Lipinski definition) is 5. The molecule has 6 nitrogen and oxygen atoms in total. The van der Waals surface area contributed by atoms with E-state index < -0.39 is 0 Å². The average Bonchev–Trinajstić information content (AvgIpc) is 2.57. The highest BCUT2D eigenvalue weighted by atomic mass is 35.5. The molecule has 1 aromatic heterocycles. The molecule has 1 N–H and O–H groups in total. The maximum atomic E-state index is 12.6. The SMILES string of the molecule is Cc1cc(C(=O)N2CCOCC2)nc(Nc2ccc(Cl)cc2Cl)n1. The number of carbonyl (C=O) groups excluding carboxylic acids is 1. The van der Waals surface area contributed by atoms with E-state index in [-0.39, 0.29) is 5.91 Å². The predicted molar refractivity (Wildman–Crippen MR) is 93.2 cm³/mol. The smallest absolute Gasteiger partial charge is 0.272 e. The Bertz CT molecular complexity index is 764. The van der Waals surface area contributed by atoms with Crippen molar-refractivity contribution in [2.75, 3.05) is 31.6 Å². The Morgan fingerprint density at radius 3 is 2.67 bits per heavy atom. The molecule has 1 amide bonds. The molecule has 8 heteroatoms. The molecule has 1 saturated heterocycles. The van der Waals surface area contributed by atoms with Crippen LogP contribution in [0.3, 0.4) is 0 Å². The molecule has 1 aromatic carbocycles. The highest BCUT2D eigenvalue weighted by Crippen LogP contribution is 2.27. The van der Waals surface area contributed by atoms with Crippen molar-refractivity contribution in [3.05, 3.63) is 45.7 Å². The van der Waals surface area contributed by atoms with Crippen LogP contribution in [0.25, 0.3) is 0 Å². The summed E-state index contributed by atoms with van der Waals surface area (Å²) in [5, 5.41) is 4.02. The summed E-state index contributed by atoms with van der Waals surface area (Å²) in [6, 6.07) is 6.75. The molecular weight excluding hydrogens is 351 g/mol. The van der Waals surface area contributed by atoms with Crippen LogP contribution < -0.4 is 5.32 Å². The van der Waals surface area contributed by atoms with Crippen LogP contribution in [0.4, 0.5) is 11.6 Å². The summed E-state index contributed by atoms with van der Waals surface area (Å²) in [5.41, 5.74) is 1.66. The molecule has 2 aromatic rings. The van der Waals surface area contributed by atoms with E-state index in [4.69, 9.17) is 27.9 Å². The second kappa shape index (κ2) is 7.34. The van der Waals surface area contributed by atoms with Gasteiger partial charge < -0.3 is 15.0 Å². The lowest BCUT2D eigenvalue weighted by atomic mass is 10.3. The van der Waals surface area contributed by atoms with E-state index in [2.05, 4.69) is 15.3 Å². The van der Waals surface area contributed by atoms with E-state index in [0.29, 0.717) is 59.4 Å². The molecular formula is C16H16Cl2N4O2. The first-order chi connectivity index (χ1) is 11.5. The fourth-order valence-electron chi connectivity index (χ4n) is 2.37. The number of benzene rings is 1. The highest BCUT2D eigenvalue weighted by molar-refractivity contribution is 6.36. The lowest BCUT2D eigenvalue weighted by Crippen LogP contribution is -2.41. The summed E-state index contributed by atoms with van der Waals surface area (Å²) in [4.78, 5) is 22.9. The second-order valence-corrected chi connectivity index (χ2v) is 6.22. The topological polar surface area (TPSA) is 67.4 Å². The monoisotopic (exact) mass is 366 g/mol. The number of amides is 1. The minimum atomic E-state index is -0.131. The zero-order valence-electron chi connectivity index (χ0n) is 13.1. The second-order valence-electron chi connectivity index (χ2n) is 5.37. The summed E-state index contributed by atoms with van der Waals surface area (Å²) >= 11 is 12.0. The number of nitrogens with one attached hydrogen (secondary N) is 1. The number of hydrogen-bond donors (Lipinski definition) is 1. The Morgan fingerprint density at radius 1 is 1.21 bits per heavy atom. The zero-order chi connectivity index (χ0) is 17.1.